The van der Waals surface area contributed by atoms with E-state index >= 15 is 0 Å². The van der Waals surface area contributed by atoms with Crippen LogP contribution in [0.15, 0.2) is 48.5 Å². The summed E-state index contributed by atoms with van der Waals surface area (Å²) in [5.41, 5.74) is 2.71. The molecule has 6 nitrogen and oxygen atoms in total. The summed E-state index contributed by atoms with van der Waals surface area (Å²) in [4.78, 5) is 42.1. The van der Waals surface area contributed by atoms with Gasteiger partial charge >= 0.3 is 0 Å². The smallest absolute Gasteiger partial charge is 0.256 e. The fourth-order valence-corrected chi connectivity index (χ4v) is 4.00. The van der Waals surface area contributed by atoms with E-state index in [0.717, 1.165) is 18.4 Å². The van der Waals surface area contributed by atoms with E-state index in [9.17, 15) is 14.4 Å². The van der Waals surface area contributed by atoms with Crippen molar-refractivity contribution in [3.63, 3.8) is 0 Å². The standard InChI is InChI=1S/C22H23N3O3/c1-15-7-6-8-16(13-15)23-20(26)14-25-18-10-3-2-9-17(18)21(27)24-12-5-4-11-19(24)22(25)28/h2-3,6-10,13,19H,4-5,11-12,14H2,1H3,(H,23,26). The van der Waals surface area contributed by atoms with E-state index in [0.29, 0.717) is 29.9 Å². The van der Waals surface area contributed by atoms with E-state index in [1.54, 1.807) is 29.2 Å². The van der Waals surface area contributed by atoms with Gasteiger partial charge in [0.15, 0.2) is 0 Å². The van der Waals surface area contributed by atoms with Gasteiger partial charge in [0.25, 0.3) is 5.91 Å². The molecule has 0 aromatic heterocycles. The minimum atomic E-state index is -0.500. The third-order valence-electron chi connectivity index (χ3n) is 5.34. The second-order valence-electron chi connectivity index (χ2n) is 7.37. The second kappa shape index (κ2) is 7.46. The highest BCUT2D eigenvalue weighted by atomic mass is 16.2. The number of hydrogen-bond donors (Lipinski definition) is 1. The molecule has 4 rings (SSSR count). The molecule has 0 aliphatic carbocycles. The molecule has 0 bridgehead atoms. The Hall–Kier alpha value is -3.15. The third kappa shape index (κ3) is 3.38. The molecule has 1 unspecified atom stereocenters. The fraction of sp³-hybridized carbons (Fsp3) is 0.318. The zero-order valence-electron chi connectivity index (χ0n) is 15.9. The summed E-state index contributed by atoms with van der Waals surface area (Å²) < 4.78 is 0. The SMILES string of the molecule is Cc1cccc(NC(=O)CN2C(=O)C3CCCCN3C(=O)c3ccccc32)c1. The van der Waals surface area contributed by atoms with Crippen LogP contribution in [0.2, 0.25) is 0 Å². The molecular weight excluding hydrogens is 354 g/mol. The van der Waals surface area contributed by atoms with Gasteiger partial charge in [0.2, 0.25) is 11.8 Å². The van der Waals surface area contributed by atoms with Crippen LogP contribution in [0.5, 0.6) is 0 Å². The Bertz CT molecular complexity index is 940. The fourth-order valence-electron chi connectivity index (χ4n) is 4.00. The van der Waals surface area contributed by atoms with Crippen molar-refractivity contribution in [3.05, 3.63) is 59.7 Å². The van der Waals surface area contributed by atoms with Crippen molar-refractivity contribution in [3.8, 4) is 0 Å². The Balaban J connectivity index is 1.64. The normalized spacial score (nSPS) is 19.0. The number of hydrogen-bond acceptors (Lipinski definition) is 3. The maximum atomic E-state index is 13.3. The van der Waals surface area contributed by atoms with Crippen LogP contribution in [0.25, 0.3) is 0 Å². The van der Waals surface area contributed by atoms with E-state index in [1.165, 1.54) is 4.90 Å². The summed E-state index contributed by atoms with van der Waals surface area (Å²) >= 11 is 0. The van der Waals surface area contributed by atoms with Gasteiger partial charge in [-0.15, -0.1) is 0 Å². The molecule has 1 N–H and O–H groups in total. The van der Waals surface area contributed by atoms with Crippen LogP contribution in [0.4, 0.5) is 11.4 Å². The molecule has 2 heterocycles. The van der Waals surface area contributed by atoms with Crippen molar-refractivity contribution < 1.29 is 14.4 Å². The van der Waals surface area contributed by atoms with Crippen LogP contribution in [-0.2, 0) is 9.59 Å². The lowest BCUT2D eigenvalue weighted by atomic mass is 10.0. The van der Waals surface area contributed by atoms with E-state index in [1.807, 2.05) is 31.2 Å². The lowest BCUT2D eigenvalue weighted by Crippen LogP contribution is -2.52. The molecule has 6 heteroatoms. The topological polar surface area (TPSA) is 69.7 Å². The summed E-state index contributed by atoms with van der Waals surface area (Å²) in [5.74, 6) is -0.599. The van der Waals surface area contributed by atoms with Crippen molar-refractivity contribution in [1.82, 2.24) is 4.90 Å². The number of carbonyl (C=O) groups excluding carboxylic acids is 3. The lowest BCUT2D eigenvalue weighted by Gasteiger charge is -2.34. The van der Waals surface area contributed by atoms with Gasteiger partial charge in [-0.25, -0.2) is 0 Å². The van der Waals surface area contributed by atoms with Gasteiger partial charge in [-0.05, 0) is 56.0 Å². The Morgan fingerprint density at radius 2 is 1.93 bits per heavy atom. The average molecular weight is 377 g/mol. The van der Waals surface area contributed by atoms with E-state index in [-0.39, 0.29) is 24.3 Å². The molecule has 1 atom stereocenters. The Morgan fingerprint density at radius 1 is 1.11 bits per heavy atom. The van der Waals surface area contributed by atoms with Crippen LogP contribution in [-0.4, -0.2) is 41.8 Å². The van der Waals surface area contributed by atoms with Gasteiger partial charge < -0.3 is 15.1 Å². The highest BCUT2D eigenvalue weighted by Crippen LogP contribution is 2.31. The molecule has 0 saturated carbocycles. The molecule has 2 aliphatic rings. The monoisotopic (exact) mass is 377 g/mol. The molecular formula is C22H23N3O3. The summed E-state index contributed by atoms with van der Waals surface area (Å²) in [6.07, 6.45) is 2.43. The van der Waals surface area contributed by atoms with E-state index in [4.69, 9.17) is 0 Å². The maximum Gasteiger partial charge on any atom is 0.256 e. The molecule has 28 heavy (non-hydrogen) atoms. The first kappa shape index (κ1) is 18.2. The van der Waals surface area contributed by atoms with Gasteiger partial charge in [0.1, 0.15) is 12.6 Å². The Kier molecular flexibility index (Phi) is 4.86. The summed E-state index contributed by atoms with van der Waals surface area (Å²) in [5, 5.41) is 2.85. The van der Waals surface area contributed by atoms with Gasteiger partial charge in [-0.1, -0.05) is 24.3 Å². The predicted octanol–water partition coefficient (Wildman–Crippen LogP) is 2.98. The zero-order chi connectivity index (χ0) is 19.7. The number of amides is 3. The zero-order valence-corrected chi connectivity index (χ0v) is 15.9. The molecule has 3 amide bonds. The molecule has 144 valence electrons. The second-order valence-corrected chi connectivity index (χ2v) is 7.37. The Labute approximate surface area is 164 Å². The molecule has 0 radical (unpaired) electrons. The molecule has 2 aliphatic heterocycles. The largest absolute Gasteiger partial charge is 0.327 e. The number of para-hydroxylation sites is 1. The van der Waals surface area contributed by atoms with Gasteiger partial charge in [-0.2, -0.15) is 0 Å². The van der Waals surface area contributed by atoms with Crippen LogP contribution in [0.1, 0.15) is 35.2 Å². The van der Waals surface area contributed by atoms with Crippen LogP contribution >= 0.6 is 0 Å². The molecule has 1 saturated heterocycles. The first-order valence-corrected chi connectivity index (χ1v) is 9.62. The van der Waals surface area contributed by atoms with Crippen molar-refractivity contribution in [2.75, 3.05) is 23.3 Å². The molecule has 2 aromatic carbocycles. The first-order valence-electron chi connectivity index (χ1n) is 9.62. The minimum Gasteiger partial charge on any atom is -0.327 e. The summed E-state index contributed by atoms with van der Waals surface area (Å²) in [6, 6.07) is 14.1. The number of carbonyl (C=O) groups is 3. The number of anilines is 2. The highest BCUT2D eigenvalue weighted by Gasteiger charge is 2.40. The van der Waals surface area contributed by atoms with Crippen molar-refractivity contribution in [2.24, 2.45) is 0 Å². The van der Waals surface area contributed by atoms with Crippen LogP contribution < -0.4 is 10.2 Å². The van der Waals surface area contributed by atoms with Crippen LogP contribution in [0.3, 0.4) is 0 Å². The average Bonchev–Trinajstić information content (AvgIpc) is 2.78. The molecule has 2 aromatic rings. The maximum absolute atomic E-state index is 13.3. The van der Waals surface area contributed by atoms with Gasteiger partial charge in [0.05, 0.1) is 11.3 Å². The van der Waals surface area contributed by atoms with E-state index in [2.05, 4.69) is 5.32 Å². The van der Waals surface area contributed by atoms with Gasteiger partial charge in [-0.3, -0.25) is 14.4 Å². The third-order valence-corrected chi connectivity index (χ3v) is 5.34. The quantitative estimate of drug-likeness (QED) is 0.894. The Morgan fingerprint density at radius 3 is 2.75 bits per heavy atom. The van der Waals surface area contributed by atoms with Crippen LogP contribution in [0, 0.1) is 6.92 Å². The molecule has 0 spiro atoms. The van der Waals surface area contributed by atoms with Crippen molar-refractivity contribution in [1.29, 1.82) is 0 Å². The molecule has 1 fully saturated rings. The number of benzene rings is 2. The number of rotatable bonds is 3. The summed E-state index contributed by atoms with van der Waals surface area (Å²) in [7, 11) is 0. The number of nitrogens with zero attached hydrogens (tertiary/aromatic N) is 2. The predicted molar refractivity (Wildman–Crippen MR) is 107 cm³/mol. The van der Waals surface area contributed by atoms with Gasteiger partial charge in [0, 0.05) is 12.2 Å². The van der Waals surface area contributed by atoms with Crippen molar-refractivity contribution in [2.45, 2.75) is 32.2 Å². The number of nitrogens with one attached hydrogen (secondary N) is 1. The number of piperidine rings is 1. The summed E-state index contributed by atoms with van der Waals surface area (Å²) in [6.45, 7) is 2.40. The minimum absolute atomic E-state index is 0.124. The highest BCUT2D eigenvalue weighted by molar-refractivity contribution is 6.13. The van der Waals surface area contributed by atoms with Crippen molar-refractivity contribution >= 4 is 29.1 Å². The van der Waals surface area contributed by atoms with E-state index < -0.39 is 6.04 Å². The number of aryl methyl sites for hydroxylation is 1. The lowest BCUT2D eigenvalue weighted by molar-refractivity contribution is -0.125. The number of fused-ring (bicyclic) bond motifs is 2. The first-order chi connectivity index (χ1) is 13.5.